The zero-order valence-corrected chi connectivity index (χ0v) is 19.2. The van der Waals surface area contributed by atoms with Gasteiger partial charge in [-0.15, -0.1) is 0 Å². The van der Waals surface area contributed by atoms with Crippen LogP contribution in [-0.2, 0) is 11.4 Å². The Labute approximate surface area is 195 Å². The van der Waals surface area contributed by atoms with Gasteiger partial charge in [0.15, 0.2) is 0 Å². The number of nitrogens with one attached hydrogen (secondary N) is 1. The number of rotatable bonds is 6. The number of carbonyl (C=O) groups is 1. The minimum atomic E-state index is -0.467. The zero-order valence-electron chi connectivity index (χ0n) is 17.6. The second kappa shape index (κ2) is 10.4. The minimum absolute atomic E-state index is 0.00516. The molecule has 0 aromatic heterocycles. The van der Waals surface area contributed by atoms with Gasteiger partial charge in [0.05, 0.1) is 16.1 Å². The molecule has 0 aliphatic rings. The monoisotopic (exact) mass is 485 g/mol. The predicted molar refractivity (Wildman–Crippen MR) is 128 cm³/mol. The van der Waals surface area contributed by atoms with Crippen molar-refractivity contribution in [3.8, 4) is 17.9 Å². The highest BCUT2D eigenvalue weighted by atomic mass is 79.9. The van der Waals surface area contributed by atoms with Crippen molar-refractivity contribution in [2.75, 3.05) is 5.32 Å². The summed E-state index contributed by atoms with van der Waals surface area (Å²) in [7, 11) is 0. The van der Waals surface area contributed by atoms with Gasteiger partial charge in [-0.25, -0.2) is 0 Å². The highest BCUT2D eigenvalue weighted by Crippen LogP contribution is 2.28. The molecule has 0 heterocycles. The maximum Gasteiger partial charge on any atom is 0.266 e. The normalized spacial score (nSPS) is 10.7. The summed E-state index contributed by atoms with van der Waals surface area (Å²) in [6, 6.07) is 22.4. The van der Waals surface area contributed by atoms with Crippen molar-refractivity contribution in [3.63, 3.8) is 0 Å². The Hall–Kier alpha value is -3.87. The van der Waals surface area contributed by atoms with Crippen LogP contribution in [0, 0.1) is 36.5 Å². The maximum absolute atomic E-state index is 12.6. The summed E-state index contributed by atoms with van der Waals surface area (Å²) in [5, 5.41) is 21.5. The second-order valence-corrected chi connectivity index (χ2v) is 8.04. The van der Waals surface area contributed by atoms with Gasteiger partial charge in [0.25, 0.3) is 5.91 Å². The predicted octanol–water partition coefficient (Wildman–Crippen LogP) is 6.06. The van der Waals surface area contributed by atoms with Gasteiger partial charge in [0, 0.05) is 11.3 Å². The smallest absolute Gasteiger partial charge is 0.266 e. The molecule has 3 rings (SSSR count). The van der Waals surface area contributed by atoms with Gasteiger partial charge in [-0.3, -0.25) is 4.79 Å². The quantitative estimate of drug-likeness (QED) is 0.339. The van der Waals surface area contributed by atoms with Crippen LogP contribution in [0.15, 0.2) is 70.7 Å². The number of ether oxygens (including phenoxy) is 1. The Bertz CT molecular complexity index is 1280. The summed E-state index contributed by atoms with van der Waals surface area (Å²) in [5.74, 6) is 0.124. The Morgan fingerprint density at radius 3 is 2.59 bits per heavy atom. The van der Waals surface area contributed by atoms with Crippen LogP contribution in [0.4, 0.5) is 5.69 Å². The van der Waals surface area contributed by atoms with Crippen molar-refractivity contribution in [1.82, 2.24) is 0 Å². The van der Waals surface area contributed by atoms with Gasteiger partial charge in [-0.05, 0) is 76.8 Å². The summed E-state index contributed by atoms with van der Waals surface area (Å²) in [5.41, 5.74) is 4.65. The molecule has 3 aromatic carbocycles. The van der Waals surface area contributed by atoms with Crippen molar-refractivity contribution >= 4 is 33.6 Å². The molecular formula is C26H20BrN3O2. The fourth-order valence-electron chi connectivity index (χ4n) is 3.01. The highest BCUT2D eigenvalue weighted by molar-refractivity contribution is 9.10. The third-order valence-corrected chi connectivity index (χ3v) is 5.41. The fourth-order valence-corrected chi connectivity index (χ4v) is 3.52. The third-order valence-electron chi connectivity index (χ3n) is 4.79. The standard InChI is InChI=1S/C26H20BrN3O2/c1-17-7-8-18(2)24(11-17)30-26(31)22(15-29)12-19-9-10-25(23(27)13-19)32-16-21-6-4-3-5-20(21)14-28/h3-13H,16H2,1-2H3,(H,30,31)/b22-12+. The van der Waals surface area contributed by atoms with Crippen LogP contribution in [0.2, 0.25) is 0 Å². The van der Waals surface area contributed by atoms with E-state index in [1.807, 2.05) is 56.3 Å². The van der Waals surface area contributed by atoms with Gasteiger partial charge in [0.2, 0.25) is 0 Å². The van der Waals surface area contributed by atoms with Crippen molar-refractivity contribution in [1.29, 1.82) is 10.5 Å². The van der Waals surface area contributed by atoms with E-state index in [-0.39, 0.29) is 12.2 Å². The second-order valence-electron chi connectivity index (χ2n) is 7.19. The van der Waals surface area contributed by atoms with E-state index >= 15 is 0 Å². The van der Waals surface area contributed by atoms with Gasteiger partial charge >= 0.3 is 0 Å². The molecule has 0 aliphatic carbocycles. The number of hydrogen-bond acceptors (Lipinski definition) is 4. The number of amides is 1. The molecule has 3 aromatic rings. The molecule has 0 spiro atoms. The average molecular weight is 486 g/mol. The summed E-state index contributed by atoms with van der Waals surface area (Å²) in [6.45, 7) is 4.09. The number of nitriles is 2. The molecule has 0 unspecified atom stereocenters. The van der Waals surface area contributed by atoms with Crippen molar-refractivity contribution in [2.45, 2.75) is 20.5 Å². The number of hydrogen-bond donors (Lipinski definition) is 1. The molecule has 0 saturated heterocycles. The molecule has 6 heteroatoms. The van der Waals surface area contributed by atoms with Gasteiger partial charge in [-0.1, -0.05) is 36.4 Å². The lowest BCUT2D eigenvalue weighted by atomic mass is 10.1. The van der Waals surface area contributed by atoms with Gasteiger partial charge in [0.1, 0.15) is 24.0 Å². The van der Waals surface area contributed by atoms with Crippen LogP contribution >= 0.6 is 15.9 Å². The number of anilines is 1. The molecule has 0 bridgehead atoms. The molecule has 1 N–H and O–H groups in total. The number of halogens is 1. The molecule has 0 atom stereocenters. The van der Waals surface area contributed by atoms with E-state index in [1.54, 1.807) is 24.3 Å². The van der Waals surface area contributed by atoms with Crippen LogP contribution in [0.25, 0.3) is 6.08 Å². The molecular weight excluding hydrogens is 466 g/mol. The Morgan fingerprint density at radius 2 is 1.88 bits per heavy atom. The summed E-state index contributed by atoms with van der Waals surface area (Å²) in [6.07, 6.45) is 1.53. The van der Waals surface area contributed by atoms with Crippen molar-refractivity contribution in [3.05, 3.63) is 98.5 Å². The number of nitrogens with zero attached hydrogens (tertiary/aromatic N) is 2. The van der Waals surface area contributed by atoms with E-state index < -0.39 is 5.91 Å². The first-order valence-electron chi connectivity index (χ1n) is 9.82. The summed E-state index contributed by atoms with van der Waals surface area (Å²) >= 11 is 3.47. The fraction of sp³-hybridized carbons (Fsp3) is 0.115. The minimum Gasteiger partial charge on any atom is -0.488 e. The molecule has 32 heavy (non-hydrogen) atoms. The van der Waals surface area contributed by atoms with Crippen LogP contribution in [0.1, 0.15) is 27.8 Å². The summed E-state index contributed by atoms with van der Waals surface area (Å²) in [4.78, 5) is 12.6. The Morgan fingerprint density at radius 1 is 1.09 bits per heavy atom. The molecule has 0 saturated carbocycles. The van der Waals surface area contributed by atoms with Crippen LogP contribution < -0.4 is 10.1 Å². The third kappa shape index (κ3) is 5.63. The first-order chi connectivity index (χ1) is 15.4. The van der Waals surface area contributed by atoms with Gasteiger partial charge < -0.3 is 10.1 Å². The van der Waals surface area contributed by atoms with Crippen molar-refractivity contribution < 1.29 is 9.53 Å². The lowest BCUT2D eigenvalue weighted by Crippen LogP contribution is -2.14. The number of aryl methyl sites for hydroxylation is 2. The van der Waals surface area contributed by atoms with Gasteiger partial charge in [-0.2, -0.15) is 10.5 Å². The van der Waals surface area contributed by atoms with Crippen molar-refractivity contribution in [2.24, 2.45) is 0 Å². The maximum atomic E-state index is 12.6. The van der Waals surface area contributed by atoms with Crippen LogP contribution in [0.3, 0.4) is 0 Å². The van der Waals surface area contributed by atoms with E-state index in [0.717, 1.165) is 16.7 Å². The summed E-state index contributed by atoms with van der Waals surface area (Å²) < 4.78 is 6.51. The molecule has 0 radical (unpaired) electrons. The van der Waals surface area contributed by atoms with E-state index in [9.17, 15) is 15.3 Å². The number of carbonyl (C=O) groups excluding carboxylic acids is 1. The van der Waals surface area contributed by atoms with E-state index in [0.29, 0.717) is 27.0 Å². The topological polar surface area (TPSA) is 85.9 Å². The lowest BCUT2D eigenvalue weighted by molar-refractivity contribution is -0.112. The highest BCUT2D eigenvalue weighted by Gasteiger charge is 2.12. The van der Waals surface area contributed by atoms with E-state index in [1.165, 1.54) is 6.08 Å². The van der Waals surface area contributed by atoms with Crippen LogP contribution in [0.5, 0.6) is 5.75 Å². The Balaban J connectivity index is 1.75. The van der Waals surface area contributed by atoms with E-state index in [4.69, 9.17) is 4.74 Å². The zero-order chi connectivity index (χ0) is 23.1. The molecule has 158 valence electrons. The van der Waals surface area contributed by atoms with E-state index in [2.05, 4.69) is 27.3 Å². The molecule has 0 fully saturated rings. The largest absolute Gasteiger partial charge is 0.488 e. The first kappa shape index (κ1) is 22.8. The Kier molecular flexibility index (Phi) is 7.44. The number of benzene rings is 3. The first-order valence-corrected chi connectivity index (χ1v) is 10.6. The SMILES string of the molecule is Cc1ccc(C)c(NC(=O)/C(C#N)=C/c2ccc(OCc3ccccc3C#N)c(Br)c2)c1. The average Bonchev–Trinajstić information content (AvgIpc) is 2.79. The molecule has 5 nitrogen and oxygen atoms in total. The lowest BCUT2D eigenvalue weighted by Gasteiger charge is -2.10. The van der Waals surface area contributed by atoms with Crippen LogP contribution in [-0.4, -0.2) is 5.91 Å². The molecule has 0 aliphatic heterocycles. The molecule has 1 amide bonds.